The molecule has 2 rings (SSSR count). The van der Waals surface area contributed by atoms with Crippen molar-refractivity contribution in [2.75, 3.05) is 0 Å². The van der Waals surface area contributed by atoms with Crippen LogP contribution in [0, 0.1) is 0 Å². The van der Waals surface area contributed by atoms with E-state index in [9.17, 15) is 0 Å². The van der Waals surface area contributed by atoms with Crippen molar-refractivity contribution in [1.29, 1.82) is 0 Å². The zero-order valence-corrected chi connectivity index (χ0v) is 8.61. The summed E-state index contributed by atoms with van der Waals surface area (Å²) in [7, 11) is 0. The van der Waals surface area contributed by atoms with Crippen LogP contribution in [0.2, 0.25) is 0 Å². The maximum absolute atomic E-state index is 5.76. The highest BCUT2D eigenvalue weighted by Gasteiger charge is 1.98. The van der Waals surface area contributed by atoms with Crippen LogP contribution in [0.15, 0.2) is 41.8 Å². The third-order valence-corrected chi connectivity index (χ3v) is 3.11. The zero-order valence-electron chi connectivity index (χ0n) is 7.03. The first-order valence-corrected chi connectivity index (χ1v) is 5.50. The smallest absolute Gasteiger partial charge is 0.0474 e. The van der Waals surface area contributed by atoms with Crippen LogP contribution in [-0.2, 0) is 5.88 Å². The molecule has 2 heteroatoms. The molecule has 13 heavy (non-hydrogen) atoms. The molecule has 1 aromatic heterocycles. The Kier molecular flexibility index (Phi) is 2.67. The SMILES string of the molecule is ClCc1cccc(-c2cccs2)c1. The van der Waals surface area contributed by atoms with Crippen molar-refractivity contribution in [3.05, 3.63) is 47.3 Å². The van der Waals surface area contributed by atoms with Gasteiger partial charge in [0.15, 0.2) is 0 Å². The summed E-state index contributed by atoms with van der Waals surface area (Å²) < 4.78 is 0. The zero-order chi connectivity index (χ0) is 9.10. The molecule has 0 atom stereocenters. The van der Waals surface area contributed by atoms with E-state index in [1.807, 2.05) is 12.1 Å². The molecule has 0 nitrogen and oxygen atoms in total. The molecule has 0 radical (unpaired) electrons. The number of hydrogen-bond donors (Lipinski definition) is 0. The minimum absolute atomic E-state index is 0.583. The van der Waals surface area contributed by atoms with Crippen LogP contribution in [0.25, 0.3) is 10.4 Å². The Morgan fingerprint density at radius 2 is 2.08 bits per heavy atom. The first kappa shape index (κ1) is 8.79. The van der Waals surface area contributed by atoms with Crippen LogP contribution in [0.3, 0.4) is 0 Å². The molecule has 0 aliphatic rings. The van der Waals surface area contributed by atoms with Crippen LogP contribution in [0.1, 0.15) is 5.56 Å². The fourth-order valence-corrected chi connectivity index (χ4v) is 2.14. The van der Waals surface area contributed by atoms with Gasteiger partial charge >= 0.3 is 0 Å². The summed E-state index contributed by atoms with van der Waals surface area (Å²) in [5.41, 5.74) is 2.43. The standard InChI is InChI=1S/C11H9ClS/c12-8-9-3-1-4-10(7-9)11-5-2-6-13-11/h1-7H,8H2. The van der Waals surface area contributed by atoms with E-state index in [0.717, 1.165) is 0 Å². The van der Waals surface area contributed by atoms with E-state index in [1.165, 1.54) is 16.0 Å². The van der Waals surface area contributed by atoms with Crippen LogP contribution >= 0.6 is 22.9 Å². The van der Waals surface area contributed by atoms with Crippen molar-refractivity contribution in [2.45, 2.75) is 5.88 Å². The van der Waals surface area contributed by atoms with Crippen molar-refractivity contribution in [3.8, 4) is 10.4 Å². The van der Waals surface area contributed by atoms with Crippen molar-refractivity contribution in [3.63, 3.8) is 0 Å². The molecule has 1 heterocycles. The fourth-order valence-electron chi connectivity index (χ4n) is 1.25. The first-order chi connectivity index (χ1) is 6.40. The molecule has 1 aromatic carbocycles. The number of rotatable bonds is 2. The van der Waals surface area contributed by atoms with Crippen LogP contribution in [-0.4, -0.2) is 0 Å². The van der Waals surface area contributed by atoms with Crippen molar-refractivity contribution in [1.82, 2.24) is 0 Å². The second-order valence-electron chi connectivity index (χ2n) is 2.81. The van der Waals surface area contributed by atoms with Crippen molar-refractivity contribution >= 4 is 22.9 Å². The molecule has 0 fully saturated rings. The molecule has 0 saturated carbocycles. The highest BCUT2D eigenvalue weighted by atomic mass is 35.5. The third kappa shape index (κ3) is 1.93. The Hall–Kier alpha value is -0.790. The van der Waals surface area contributed by atoms with E-state index >= 15 is 0 Å². The molecular weight excluding hydrogens is 200 g/mol. The van der Waals surface area contributed by atoms with Gasteiger partial charge in [0.1, 0.15) is 0 Å². The van der Waals surface area contributed by atoms with E-state index in [2.05, 4.69) is 29.6 Å². The number of halogens is 1. The average Bonchev–Trinajstić information content (AvgIpc) is 2.71. The molecule has 0 aliphatic heterocycles. The third-order valence-electron chi connectivity index (χ3n) is 1.89. The Bertz CT molecular complexity index is 379. The molecule has 2 aromatic rings. The van der Waals surface area contributed by atoms with Gasteiger partial charge in [-0.15, -0.1) is 22.9 Å². The lowest BCUT2D eigenvalue weighted by Crippen LogP contribution is -1.78. The Labute approximate surface area is 86.8 Å². The largest absolute Gasteiger partial charge is 0.144 e. The van der Waals surface area contributed by atoms with Crippen LogP contribution in [0.5, 0.6) is 0 Å². The predicted octanol–water partition coefficient (Wildman–Crippen LogP) is 4.15. The lowest BCUT2D eigenvalue weighted by molar-refractivity contribution is 1.41. The molecule has 0 saturated heterocycles. The molecule has 0 N–H and O–H groups in total. The van der Waals surface area contributed by atoms with E-state index in [0.29, 0.717) is 5.88 Å². The summed E-state index contributed by atoms with van der Waals surface area (Å²) in [6, 6.07) is 12.5. The predicted molar refractivity (Wildman–Crippen MR) is 59.3 cm³/mol. The molecule has 0 aliphatic carbocycles. The molecular formula is C11H9ClS. The number of thiophene rings is 1. The van der Waals surface area contributed by atoms with Gasteiger partial charge in [-0.05, 0) is 28.6 Å². The first-order valence-electron chi connectivity index (χ1n) is 4.09. The molecule has 66 valence electrons. The van der Waals surface area contributed by atoms with Gasteiger partial charge in [-0.25, -0.2) is 0 Å². The van der Waals surface area contributed by atoms with Gasteiger partial charge in [-0.2, -0.15) is 0 Å². The van der Waals surface area contributed by atoms with Gasteiger partial charge in [0, 0.05) is 10.8 Å². The van der Waals surface area contributed by atoms with Crippen LogP contribution in [0.4, 0.5) is 0 Å². The number of alkyl halides is 1. The normalized spacial score (nSPS) is 10.2. The van der Waals surface area contributed by atoms with Gasteiger partial charge in [0.2, 0.25) is 0 Å². The second-order valence-corrected chi connectivity index (χ2v) is 4.03. The maximum atomic E-state index is 5.76. The lowest BCUT2D eigenvalue weighted by atomic mass is 10.1. The Balaban J connectivity index is 2.41. The Morgan fingerprint density at radius 3 is 2.77 bits per heavy atom. The summed E-state index contributed by atoms with van der Waals surface area (Å²) in [6.07, 6.45) is 0. The van der Waals surface area contributed by atoms with Crippen molar-refractivity contribution < 1.29 is 0 Å². The molecule has 0 spiro atoms. The van der Waals surface area contributed by atoms with Gasteiger partial charge in [0.25, 0.3) is 0 Å². The molecule has 0 unspecified atom stereocenters. The van der Waals surface area contributed by atoms with E-state index in [4.69, 9.17) is 11.6 Å². The molecule has 0 bridgehead atoms. The van der Waals surface area contributed by atoms with Gasteiger partial charge < -0.3 is 0 Å². The summed E-state index contributed by atoms with van der Waals surface area (Å²) in [5.74, 6) is 0.583. The summed E-state index contributed by atoms with van der Waals surface area (Å²) in [5, 5.41) is 2.09. The minimum Gasteiger partial charge on any atom is -0.144 e. The minimum atomic E-state index is 0.583. The summed E-state index contributed by atoms with van der Waals surface area (Å²) >= 11 is 7.52. The Morgan fingerprint density at radius 1 is 1.15 bits per heavy atom. The number of hydrogen-bond acceptors (Lipinski definition) is 1. The summed E-state index contributed by atoms with van der Waals surface area (Å²) in [4.78, 5) is 1.30. The van der Waals surface area contributed by atoms with E-state index < -0.39 is 0 Å². The van der Waals surface area contributed by atoms with E-state index in [-0.39, 0.29) is 0 Å². The van der Waals surface area contributed by atoms with Gasteiger partial charge in [-0.3, -0.25) is 0 Å². The highest BCUT2D eigenvalue weighted by molar-refractivity contribution is 7.13. The lowest BCUT2D eigenvalue weighted by Gasteiger charge is -1.99. The van der Waals surface area contributed by atoms with Gasteiger partial charge in [0.05, 0.1) is 0 Å². The average molecular weight is 209 g/mol. The highest BCUT2D eigenvalue weighted by Crippen LogP contribution is 2.25. The fraction of sp³-hybridized carbons (Fsp3) is 0.0909. The topological polar surface area (TPSA) is 0 Å². The second kappa shape index (κ2) is 3.95. The van der Waals surface area contributed by atoms with Crippen LogP contribution < -0.4 is 0 Å². The number of benzene rings is 1. The van der Waals surface area contributed by atoms with Gasteiger partial charge in [-0.1, -0.05) is 24.3 Å². The maximum Gasteiger partial charge on any atom is 0.0474 e. The molecule has 0 amide bonds. The summed E-state index contributed by atoms with van der Waals surface area (Å²) in [6.45, 7) is 0. The van der Waals surface area contributed by atoms with Crippen molar-refractivity contribution in [2.24, 2.45) is 0 Å². The quantitative estimate of drug-likeness (QED) is 0.651. The monoisotopic (exact) mass is 208 g/mol. The van der Waals surface area contributed by atoms with E-state index in [1.54, 1.807) is 11.3 Å².